The Balaban J connectivity index is 1.76. The molecule has 0 atom stereocenters. The van der Waals surface area contributed by atoms with Crippen molar-refractivity contribution >= 4 is 0 Å². The van der Waals surface area contributed by atoms with Crippen LogP contribution in [0.4, 0.5) is 4.39 Å². The Morgan fingerprint density at radius 1 is 1.04 bits per heavy atom. The Kier molecular flexibility index (Phi) is 4.30. The van der Waals surface area contributed by atoms with Crippen molar-refractivity contribution in [1.29, 1.82) is 0 Å². The van der Waals surface area contributed by atoms with Crippen LogP contribution >= 0.6 is 0 Å². The second-order valence-corrected chi connectivity index (χ2v) is 4.86. The molecule has 112 valence electrons. The summed E-state index contributed by atoms with van der Waals surface area (Å²) < 4.78 is 19.7. The SMILES string of the molecule is C#Cc1cnc(-c2ccc(OCc3ccccc3)c(F)c2)nc1. The zero-order valence-electron chi connectivity index (χ0n) is 12.2. The Bertz CT molecular complexity index is 839. The van der Waals surface area contributed by atoms with Crippen LogP contribution in [-0.4, -0.2) is 9.97 Å². The highest BCUT2D eigenvalue weighted by atomic mass is 19.1. The van der Waals surface area contributed by atoms with E-state index in [9.17, 15) is 4.39 Å². The number of halogens is 1. The maximum Gasteiger partial charge on any atom is 0.165 e. The van der Waals surface area contributed by atoms with Crippen molar-refractivity contribution in [2.45, 2.75) is 6.61 Å². The van der Waals surface area contributed by atoms with Crippen LogP contribution < -0.4 is 4.74 Å². The van der Waals surface area contributed by atoms with Gasteiger partial charge in [0.1, 0.15) is 6.61 Å². The predicted octanol–water partition coefficient (Wildman–Crippen LogP) is 3.84. The normalized spacial score (nSPS) is 10.1. The van der Waals surface area contributed by atoms with E-state index in [4.69, 9.17) is 11.2 Å². The Labute approximate surface area is 133 Å². The van der Waals surface area contributed by atoms with E-state index in [1.165, 1.54) is 18.5 Å². The molecule has 0 N–H and O–H groups in total. The van der Waals surface area contributed by atoms with Crippen molar-refractivity contribution in [2.75, 3.05) is 0 Å². The maximum atomic E-state index is 14.2. The summed E-state index contributed by atoms with van der Waals surface area (Å²) in [5, 5.41) is 0. The number of hydrogen-bond acceptors (Lipinski definition) is 3. The van der Waals surface area contributed by atoms with Gasteiger partial charge < -0.3 is 4.74 Å². The van der Waals surface area contributed by atoms with Gasteiger partial charge >= 0.3 is 0 Å². The minimum absolute atomic E-state index is 0.192. The minimum Gasteiger partial charge on any atom is -0.486 e. The second-order valence-electron chi connectivity index (χ2n) is 4.86. The smallest absolute Gasteiger partial charge is 0.165 e. The second kappa shape index (κ2) is 6.71. The van der Waals surface area contributed by atoms with E-state index in [1.807, 2.05) is 30.3 Å². The summed E-state index contributed by atoms with van der Waals surface area (Å²) >= 11 is 0. The van der Waals surface area contributed by atoms with Crippen molar-refractivity contribution in [3.05, 3.63) is 77.9 Å². The molecule has 1 aromatic heterocycles. The van der Waals surface area contributed by atoms with Gasteiger partial charge in [-0.2, -0.15) is 0 Å². The van der Waals surface area contributed by atoms with Crippen LogP contribution in [0, 0.1) is 18.2 Å². The number of ether oxygens (including phenoxy) is 1. The molecule has 3 nitrogen and oxygen atoms in total. The standard InChI is InChI=1S/C19H13FN2O/c1-2-14-11-21-19(22-12-14)16-8-9-18(17(20)10-16)23-13-15-6-4-3-5-7-15/h1,3-12H,13H2. The van der Waals surface area contributed by atoms with Gasteiger partial charge in [-0.1, -0.05) is 36.3 Å². The summed E-state index contributed by atoms with van der Waals surface area (Å²) in [5.74, 6) is 2.59. The van der Waals surface area contributed by atoms with Crippen LogP contribution in [0.3, 0.4) is 0 Å². The van der Waals surface area contributed by atoms with Gasteiger partial charge in [0.05, 0.1) is 5.56 Å². The van der Waals surface area contributed by atoms with Gasteiger partial charge in [0.2, 0.25) is 0 Å². The largest absolute Gasteiger partial charge is 0.486 e. The molecule has 0 saturated heterocycles. The molecule has 3 rings (SSSR count). The molecule has 0 unspecified atom stereocenters. The third-order valence-electron chi connectivity index (χ3n) is 3.25. The summed E-state index contributed by atoms with van der Waals surface area (Å²) in [6, 6.07) is 14.2. The predicted molar refractivity (Wildman–Crippen MR) is 86.1 cm³/mol. The Hall–Kier alpha value is -3.19. The molecule has 0 spiro atoms. The van der Waals surface area contributed by atoms with Crippen LogP contribution in [0.5, 0.6) is 5.75 Å². The zero-order chi connectivity index (χ0) is 16.1. The van der Waals surface area contributed by atoms with Gasteiger partial charge in [-0.25, -0.2) is 14.4 Å². The molecule has 1 heterocycles. The van der Waals surface area contributed by atoms with E-state index >= 15 is 0 Å². The number of rotatable bonds is 4. The molecule has 0 saturated carbocycles. The van der Waals surface area contributed by atoms with Crippen molar-refractivity contribution in [2.24, 2.45) is 0 Å². The Morgan fingerprint density at radius 2 is 1.78 bits per heavy atom. The third kappa shape index (κ3) is 3.53. The van der Waals surface area contributed by atoms with E-state index in [2.05, 4.69) is 15.9 Å². The molecule has 0 aliphatic carbocycles. The fourth-order valence-corrected chi connectivity index (χ4v) is 2.04. The van der Waals surface area contributed by atoms with Gasteiger partial charge in [0.25, 0.3) is 0 Å². The van der Waals surface area contributed by atoms with Gasteiger partial charge in [0, 0.05) is 18.0 Å². The lowest BCUT2D eigenvalue weighted by Gasteiger charge is -2.08. The van der Waals surface area contributed by atoms with Crippen LogP contribution in [-0.2, 0) is 6.61 Å². The quantitative estimate of drug-likeness (QED) is 0.687. The lowest BCUT2D eigenvalue weighted by molar-refractivity contribution is 0.290. The first-order chi connectivity index (χ1) is 11.3. The molecule has 4 heteroatoms. The third-order valence-corrected chi connectivity index (χ3v) is 3.25. The highest BCUT2D eigenvalue weighted by molar-refractivity contribution is 5.56. The van der Waals surface area contributed by atoms with Crippen molar-refractivity contribution in [3.8, 4) is 29.5 Å². The lowest BCUT2D eigenvalue weighted by atomic mass is 10.2. The number of nitrogens with zero attached hydrogens (tertiary/aromatic N) is 2. The molecule has 23 heavy (non-hydrogen) atoms. The monoisotopic (exact) mass is 304 g/mol. The lowest BCUT2D eigenvalue weighted by Crippen LogP contribution is -1.98. The van der Waals surface area contributed by atoms with Gasteiger partial charge in [-0.3, -0.25) is 0 Å². The highest BCUT2D eigenvalue weighted by Crippen LogP contribution is 2.24. The molecule has 2 aromatic carbocycles. The fourth-order valence-electron chi connectivity index (χ4n) is 2.04. The van der Waals surface area contributed by atoms with E-state index in [1.54, 1.807) is 12.1 Å². The zero-order valence-corrected chi connectivity index (χ0v) is 12.2. The molecule has 0 fully saturated rings. The number of hydrogen-bond donors (Lipinski definition) is 0. The van der Waals surface area contributed by atoms with E-state index in [-0.39, 0.29) is 5.75 Å². The molecule has 0 aliphatic heterocycles. The van der Waals surface area contributed by atoms with Crippen molar-refractivity contribution in [1.82, 2.24) is 9.97 Å². The number of terminal acetylenes is 1. The highest BCUT2D eigenvalue weighted by Gasteiger charge is 2.08. The molecular weight excluding hydrogens is 291 g/mol. The number of aromatic nitrogens is 2. The first-order valence-corrected chi connectivity index (χ1v) is 7.01. The van der Waals surface area contributed by atoms with Crippen LogP contribution in [0.15, 0.2) is 60.9 Å². The summed E-state index contributed by atoms with van der Waals surface area (Å²) in [5.41, 5.74) is 2.12. The van der Waals surface area contributed by atoms with E-state index in [0.29, 0.717) is 23.6 Å². The Morgan fingerprint density at radius 3 is 2.43 bits per heavy atom. The molecule has 3 aromatic rings. The summed E-state index contributed by atoms with van der Waals surface area (Å²) in [6.45, 7) is 0.310. The maximum absolute atomic E-state index is 14.2. The summed E-state index contributed by atoms with van der Waals surface area (Å²) in [6.07, 6.45) is 8.31. The first-order valence-electron chi connectivity index (χ1n) is 7.01. The molecule has 0 radical (unpaired) electrons. The van der Waals surface area contributed by atoms with Gasteiger partial charge in [-0.15, -0.1) is 6.42 Å². The topological polar surface area (TPSA) is 35.0 Å². The van der Waals surface area contributed by atoms with E-state index < -0.39 is 5.82 Å². The van der Waals surface area contributed by atoms with Crippen molar-refractivity contribution < 1.29 is 9.13 Å². The number of benzene rings is 2. The van der Waals surface area contributed by atoms with Crippen LogP contribution in [0.25, 0.3) is 11.4 Å². The van der Waals surface area contributed by atoms with E-state index in [0.717, 1.165) is 5.56 Å². The van der Waals surface area contributed by atoms with Gasteiger partial charge in [0.15, 0.2) is 17.4 Å². The van der Waals surface area contributed by atoms with Crippen LogP contribution in [0.1, 0.15) is 11.1 Å². The molecule has 0 amide bonds. The minimum atomic E-state index is -0.456. The first kappa shape index (κ1) is 14.7. The molecule has 0 bridgehead atoms. The summed E-state index contributed by atoms with van der Waals surface area (Å²) in [4.78, 5) is 8.25. The fraction of sp³-hybridized carbons (Fsp3) is 0.0526. The molecular formula is C19H13FN2O. The van der Waals surface area contributed by atoms with Gasteiger partial charge in [-0.05, 0) is 23.8 Å². The summed E-state index contributed by atoms with van der Waals surface area (Å²) in [7, 11) is 0. The average molecular weight is 304 g/mol. The van der Waals surface area contributed by atoms with Crippen molar-refractivity contribution in [3.63, 3.8) is 0 Å². The average Bonchev–Trinajstić information content (AvgIpc) is 2.61. The molecule has 0 aliphatic rings. The van der Waals surface area contributed by atoms with Crippen LogP contribution in [0.2, 0.25) is 0 Å².